The van der Waals surface area contributed by atoms with Crippen molar-refractivity contribution in [2.45, 2.75) is 44.2 Å². The maximum Gasteiger partial charge on any atom is 0.287 e. The molecule has 1 aromatic heterocycles. The second kappa shape index (κ2) is 12.1. The molecule has 1 heterocycles. The van der Waals surface area contributed by atoms with Crippen molar-refractivity contribution in [3.8, 4) is 5.75 Å². The van der Waals surface area contributed by atoms with Gasteiger partial charge in [0.1, 0.15) is 11.8 Å². The van der Waals surface area contributed by atoms with Crippen LogP contribution in [0.4, 0.5) is 5.69 Å². The maximum absolute atomic E-state index is 13.8. The van der Waals surface area contributed by atoms with Crippen LogP contribution in [0.2, 0.25) is 0 Å². The fourth-order valence-corrected chi connectivity index (χ4v) is 4.49. The molecule has 1 aliphatic rings. The number of amides is 3. The number of nitrogens with zero attached hydrogens (tertiary/aromatic N) is 1. The predicted octanol–water partition coefficient (Wildman–Crippen LogP) is 4.24. The smallest absolute Gasteiger partial charge is 0.287 e. The van der Waals surface area contributed by atoms with Gasteiger partial charge in [-0.2, -0.15) is 0 Å². The van der Waals surface area contributed by atoms with Gasteiger partial charge in [-0.25, -0.2) is 0 Å². The number of furan rings is 1. The van der Waals surface area contributed by atoms with Crippen molar-refractivity contribution < 1.29 is 23.5 Å². The van der Waals surface area contributed by atoms with Crippen LogP contribution in [0.15, 0.2) is 77.4 Å². The number of rotatable bonds is 9. The van der Waals surface area contributed by atoms with Gasteiger partial charge >= 0.3 is 0 Å². The number of anilines is 1. The van der Waals surface area contributed by atoms with E-state index in [1.54, 1.807) is 61.7 Å². The number of para-hydroxylation sites is 1. The zero-order valence-corrected chi connectivity index (χ0v) is 20.3. The molecule has 0 spiro atoms. The van der Waals surface area contributed by atoms with Crippen LogP contribution < -0.4 is 20.3 Å². The van der Waals surface area contributed by atoms with Crippen molar-refractivity contribution in [1.29, 1.82) is 0 Å². The largest absolute Gasteiger partial charge is 0.497 e. The van der Waals surface area contributed by atoms with Gasteiger partial charge in [-0.1, -0.05) is 49.6 Å². The third kappa shape index (κ3) is 6.13. The molecule has 2 aromatic carbocycles. The van der Waals surface area contributed by atoms with Gasteiger partial charge in [0.25, 0.3) is 5.91 Å². The molecule has 2 N–H and O–H groups in total. The molecule has 1 aliphatic carbocycles. The lowest BCUT2D eigenvalue weighted by molar-refractivity contribution is -0.127. The first kappa shape index (κ1) is 25.0. The number of benzene rings is 2. The molecule has 8 nitrogen and oxygen atoms in total. The Bertz CT molecular complexity index is 1140. The van der Waals surface area contributed by atoms with Gasteiger partial charge in [0.15, 0.2) is 5.76 Å². The van der Waals surface area contributed by atoms with E-state index < -0.39 is 17.9 Å². The number of hydrogen-bond donors (Lipinski definition) is 2. The van der Waals surface area contributed by atoms with E-state index in [9.17, 15) is 14.4 Å². The summed E-state index contributed by atoms with van der Waals surface area (Å²) in [5, 5.41) is 5.78. The first-order valence-corrected chi connectivity index (χ1v) is 12.2. The topological polar surface area (TPSA) is 101 Å². The molecule has 1 saturated carbocycles. The Morgan fingerprint density at radius 3 is 2.33 bits per heavy atom. The summed E-state index contributed by atoms with van der Waals surface area (Å²) in [7, 11) is 1.57. The summed E-state index contributed by atoms with van der Waals surface area (Å²) < 4.78 is 10.4. The summed E-state index contributed by atoms with van der Waals surface area (Å²) in [6.45, 7) is -0.308. The highest BCUT2D eigenvalue weighted by Gasteiger charge is 2.34. The van der Waals surface area contributed by atoms with Crippen molar-refractivity contribution in [3.63, 3.8) is 0 Å². The van der Waals surface area contributed by atoms with E-state index in [-0.39, 0.29) is 24.3 Å². The first-order chi connectivity index (χ1) is 17.6. The lowest BCUT2D eigenvalue weighted by Gasteiger charge is -2.33. The van der Waals surface area contributed by atoms with Gasteiger partial charge in [-0.05, 0) is 54.8 Å². The molecule has 3 aromatic rings. The quantitative estimate of drug-likeness (QED) is 0.468. The van der Waals surface area contributed by atoms with E-state index in [1.807, 2.05) is 6.07 Å². The Labute approximate surface area is 210 Å². The van der Waals surface area contributed by atoms with E-state index in [0.29, 0.717) is 17.0 Å². The first-order valence-electron chi connectivity index (χ1n) is 12.2. The molecule has 0 aliphatic heterocycles. The van der Waals surface area contributed by atoms with Gasteiger partial charge in [-0.3, -0.25) is 19.3 Å². The monoisotopic (exact) mass is 489 g/mol. The molecule has 0 bridgehead atoms. The highest BCUT2D eigenvalue weighted by Crippen LogP contribution is 2.30. The fraction of sp³-hybridized carbons (Fsp3) is 0.321. The van der Waals surface area contributed by atoms with Crippen LogP contribution in [0, 0.1) is 0 Å². The number of nitrogens with one attached hydrogen (secondary N) is 2. The average Bonchev–Trinajstić information content (AvgIpc) is 3.46. The lowest BCUT2D eigenvalue weighted by atomic mass is 9.94. The van der Waals surface area contributed by atoms with Crippen molar-refractivity contribution in [2.24, 2.45) is 0 Å². The number of methoxy groups -OCH3 is 1. The summed E-state index contributed by atoms with van der Waals surface area (Å²) in [5.41, 5.74) is 1.19. The van der Waals surface area contributed by atoms with E-state index >= 15 is 0 Å². The van der Waals surface area contributed by atoms with Gasteiger partial charge in [-0.15, -0.1) is 0 Å². The summed E-state index contributed by atoms with van der Waals surface area (Å²) in [4.78, 5) is 41.3. The summed E-state index contributed by atoms with van der Waals surface area (Å²) in [5.74, 6) is -0.444. The second-order valence-electron chi connectivity index (χ2n) is 8.78. The molecule has 0 radical (unpaired) electrons. The molecular formula is C28H31N3O5. The standard InChI is InChI=1S/C28H31N3O5/c1-35-23-16-14-20(15-17-23)26(28(34)30-21-9-4-2-5-10-21)31(22-11-6-3-7-12-22)25(32)19-29-27(33)24-13-8-18-36-24/h3,6-8,11-18,21,26H,2,4-5,9-10,19H2,1H3,(H,29,33)(H,30,34). The maximum atomic E-state index is 13.8. The summed E-state index contributed by atoms with van der Waals surface area (Å²) in [6.07, 6.45) is 6.52. The SMILES string of the molecule is COc1ccc(C(C(=O)NC2CCCCC2)N(C(=O)CNC(=O)c2ccco2)c2ccccc2)cc1. The minimum absolute atomic E-state index is 0.0679. The molecule has 188 valence electrons. The van der Waals surface area contributed by atoms with Crippen molar-refractivity contribution in [3.05, 3.63) is 84.3 Å². The average molecular weight is 490 g/mol. The third-order valence-electron chi connectivity index (χ3n) is 6.34. The molecule has 1 atom stereocenters. The highest BCUT2D eigenvalue weighted by atomic mass is 16.5. The molecule has 1 fully saturated rings. The van der Waals surface area contributed by atoms with E-state index in [0.717, 1.165) is 32.1 Å². The second-order valence-corrected chi connectivity index (χ2v) is 8.78. The Morgan fingerprint density at radius 1 is 0.972 bits per heavy atom. The lowest BCUT2D eigenvalue weighted by Crippen LogP contribution is -2.49. The van der Waals surface area contributed by atoms with Crippen molar-refractivity contribution >= 4 is 23.4 Å². The van der Waals surface area contributed by atoms with Crippen LogP contribution in [0.1, 0.15) is 54.3 Å². The van der Waals surface area contributed by atoms with Crippen LogP contribution in [-0.4, -0.2) is 37.4 Å². The fourth-order valence-electron chi connectivity index (χ4n) is 4.49. The van der Waals surface area contributed by atoms with E-state index in [1.165, 1.54) is 17.2 Å². The van der Waals surface area contributed by atoms with Crippen LogP contribution in [0.25, 0.3) is 0 Å². The van der Waals surface area contributed by atoms with Gasteiger partial charge < -0.3 is 19.8 Å². The Balaban J connectivity index is 1.65. The Kier molecular flexibility index (Phi) is 8.39. The van der Waals surface area contributed by atoms with Crippen molar-refractivity contribution in [1.82, 2.24) is 10.6 Å². The Hall–Kier alpha value is -4.07. The van der Waals surface area contributed by atoms with Crippen LogP contribution in [-0.2, 0) is 9.59 Å². The summed E-state index contributed by atoms with van der Waals surface area (Å²) in [6, 6.07) is 18.4. The van der Waals surface area contributed by atoms with Gasteiger partial charge in [0, 0.05) is 11.7 Å². The number of carbonyl (C=O) groups excluding carboxylic acids is 3. The predicted molar refractivity (Wildman–Crippen MR) is 136 cm³/mol. The normalized spacial score (nSPS) is 14.5. The van der Waals surface area contributed by atoms with Crippen LogP contribution in [0.5, 0.6) is 5.75 Å². The van der Waals surface area contributed by atoms with Gasteiger partial charge in [0.2, 0.25) is 11.8 Å². The molecule has 1 unspecified atom stereocenters. The van der Waals surface area contributed by atoms with E-state index in [2.05, 4.69) is 10.6 Å². The Morgan fingerprint density at radius 2 is 1.69 bits per heavy atom. The third-order valence-corrected chi connectivity index (χ3v) is 6.34. The molecule has 4 rings (SSSR count). The molecule has 3 amide bonds. The number of carbonyl (C=O) groups is 3. The molecule has 36 heavy (non-hydrogen) atoms. The number of ether oxygens (including phenoxy) is 1. The molecule has 8 heteroatoms. The zero-order chi connectivity index (χ0) is 25.3. The zero-order valence-electron chi connectivity index (χ0n) is 20.3. The van der Waals surface area contributed by atoms with Crippen LogP contribution >= 0.6 is 0 Å². The van der Waals surface area contributed by atoms with Crippen molar-refractivity contribution in [2.75, 3.05) is 18.6 Å². The van der Waals surface area contributed by atoms with E-state index in [4.69, 9.17) is 9.15 Å². The van der Waals surface area contributed by atoms with Crippen LogP contribution in [0.3, 0.4) is 0 Å². The minimum atomic E-state index is -0.937. The minimum Gasteiger partial charge on any atom is -0.497 e. The number of hydrogen-bond acceptors (Lipinski definition) is 5. The molecular weight excluding hydrogens is 458 g/mol. The summed E-state index contributed by atoms with van der Waals surface area (Å²) >= 11 is 0. The van der Waals surface area contributed by atoms with Gasteiger partial charge in [0.05, 0.1) is 19.9 Å². The molecule has 0 saturated heterocycles. The highest BCUT2D eigenvalue weighted by molar-refractivity contribution is 6.04.